The summed E-state index contributed by atoms with van der Waals surface area (Å²) < 4.78 is 24.3. The minimum atomic E-state index is -3.71. The normalized spacial score (nSPS) is 11.5. The third-order valence-corrected chi connectivity index (χ3v) is 3.99. The van der Waals surface area contributed by atoms with Crippen molar-refractivity contribution in [2.45, 2.75) is 11.8 Å². The standard InChI is InChI=1S/C14H13N5O2S/c1-10-17-14(11-6-8-16-9-7-11)19(18-10)12-2-4-13(5-3-12)22(15,20)21/h2-9H,1H3,(H2,15,20,21). The molecule has 0 unspecified atom stereocenters. The van der Waals surface area contributed by atoms with Crippen molar-refractivity contribution < 1.29 is 8.42 Å². The molecule has 8 heteroatoms. The average Bonchev–Trinajstić information content (AvgIpc) is 2.89. The van der Waals surface area contributed by atoms with Crippen molar-refractivity contribution in [2.75, 3.05) is 0 Å². The first-order chi connectivity index (χ1) is 10.4. The summed E-state index contributed by atoms with van der Waals surface area (Å²) in [6.45, 7) is 1.79. The summed E-state index contributed by atoms with van der Waals surface area (Å²) in [4.78, 5) is 8.44. The van der Waals surface area contributed by atoms with Crippen LogP contribution < -0.4 is 5.14 Å². The molecule has 0 fully saturated rings. The molecular weight excluding hydrogens is 302 g/mol. The van der Waals surface area contributed by atoms with E-state index in [2.05, 4.69) is 15.1 Å². The van der Waals surface area contributed by atoms with Crippen LogP contribution in [0.3, 0.4) is 0 Å². The summed E-state index contributed by atoms with van der Waals surface area (Å²) in [7, 11) is -3.71. The Morgan fingerprint density at radius 3 is 2.27 bits per heavy atom. The number of pyridine rings is 1. The maximum Gasteiger partial charge on any atom is 0.238 e. The quantitative estimate of drug-likeness (QED) is 0.784. The molecule has 2 heterocycles. The second-order valence-corrected chi connectivity index (χ2v) is 6.23. The van der Waals surface area contributed by atoms with Gasteiger partial charge in [0.15, 0.2) is 5.82 Å². The van der Waals surface area contributed by atoms with Gasteiger partial charge in [0.05, 0.1) is 10.6 Å². The molecule has 0 bridgehead atoms. The van der Waals surface area contributed by atoms with Gasteiger partial charge in [-0.2, -0.15) is 5.10 Å². The fourth-order valence-corrected chi connectivity index (χ4v) is 2.58. The van der Waals surface area contributed by atoms with Crippen molar-refractivity contribution >= 4 is 10.0 Å². The summed E-state index contributed by atoms with van der Waals surface area (Å²) in [5.41, 5.74) is 1.56. The molecular formula is C14H13N5O2S. The molecule has 3 rings (SSSR count). The number of hydrogen-bond acceptors (Lipinski definition) is 5. The molecule has 0 saturated heterocycles. The van der Waals surface area contributed by atoms with Crippen LogP contribution in [0.1, 0.15) is 5.82 Å². The number of aryl methyl sites for hydroxylation is 1. The molecule has 22 heavy (non-hydrogen) atoms. The molecule has 0 saturated carbocycles. The predicted molar refractivity (Wildman–Crippen MR) is 80.7 cm³/mol. The van der Waals surface area contributed by atoms with E-state index in [1.54, 1.807) is 36.1 Å². The Kier molecular flexibility index (Phi) is 3.47. The lowest BCUT2D eigenvalue weighted by Crippen LogP contribution is -2.12. The summed E-state index contributed by atoms with van der Waals surface area (Å²) in [6, 6.07) is 9.82. The first kappa shape index (κ1) is 14.4. The van der Waals surface area contributed by atoms with E-state index in [9.17, 15) is 8.42 Å². The van der Waals surface area contributed by atoms with Gasteiger partial charge in [-0.3, -0.25) is 4.98 Å². The van der Waals surface area contributed by atoms with E-state index in [4.69, 9.17) is 5.14 Å². The summed E-state index contributed by atoms with van der Waals surface area (Å²) >= 11 is 0. The van der Waals surface area contributed by atoms with Crippen LogP contribution >= 0.6 is 0 Å². The van der Waals surface area contributed by atoms with E-state index in [1.807, 2.05) is 12.1 Å². The van der Waals surface area contributed by atoms with Crippen LogP contribution in [0.15, 0.2) is 53.7 Å². The Hall–Kier alpha value is -2.58. The minimum absolute atomic E-state index is 0.0542. The van der Waals surface area contributed by atoms with Gasteiger partial charge >= 0.3 is 0 Å². The molecule has 0 radical (unpaired) electrons. The number of nitrogens with two attached hydrogens (primary N) is 1. The first-order valence-electron chi connectivity index (χ1n) is 6.42. The van der Waals surface area contributed by atoms with Gasteiger partial charge < -0.3 is 0 Å². The van der Waals surface area contributed by atoms with Crippen molar-refractivity contribution in [2.24, 2.45) is 5.14 Å². The monoisotopic (exact) mass is 315 g/mol. The fourth-order valence-electron chi connectivity index (χ4n) is 2.06. The van der Waals surface area contributed by atoms with E-state index in [1.165, 1.54) is 12.1 Å². The van der Waals surface area contributed by atoms with E-state index in [0.717, 1.165) is 5.56 Å². The van der Waals surface area contributed by atoms with E-state index >= 15 is 0 Å². The number of rotatable bonds is 3. The van der Waals surface area contributed by atoms with Crippen LogP contribution in [-0.2, 0) is 10.0 Å². The topological polar surface area (TPSA) is 104 Å². The number of aromatic nitrogens is 4. The van der Waals surface area contributed by atoms with Gasteiger partial charge in [0.1, 0.15) is 5.82 Å². The molecule has 0 amide bonds. The smallest absolute Gasteiger partial charge is 0.238 e. The average molecular weight is 315 g/mol. The zero-order chi connectivity index (χ0) is 15.7. The SMILES string of the molecule is Cc1nc(-c2ccncc2)n(-c2ccc(S(N)(=O)=O)cc2)n1. The van der Waals surface area contributed by atoms with E-state index in [0.29, 0.717) is 17.3 Å². The highest BCUT2D eigenvalue weighted by Gasteiger charge is 2.13. The molecule has 0 atom stereocenters. The van der Waals surface area contributed by atoms with Gasteiger partial charge in [-0.1, -0.05) is 0 Å². The Morgan fingerprint density at radius 2 is 1.68 bits per heavy atom. The molecule has 0 aliphatic rings. The Labute approximate surface area is 127 Å². The molecule has 112 valence electrons. The molecule has 2 aromatic heterocycles. The second-order valence-electron chi connectivity index (χ2n) is 4.67. The molecule has 0 aliphatic heterocycles. The molecule has 0 aliphatic carbocycles. The van der Waals surface area contributed by atoms with Gasteiger partial charge in [-0.15, -0.1) is 0 Å². The number of benzene rings is 1. The lowest BCUT2D eigenvalue weighted by atomic mass is 10.2. The highest BCUT2D eigenvalue weighted by Crippen LogP contribution is 2.21. The van der Waals surface area contributed by atoms with Crippen LogP contribution in [0, 0.1) is 6.92 Å². The maximum absolute atomic E-state index is 11.3. The zero-order valence-corrected chi connectivity index (χ0v) is 12.5. The molecule has 3 aromatic rings. The maximum atomic E-state index is 11.3. The van der Waals surface area contributed by atoms with Crippen molar-refractivity contribution in [3.05, 3.63) is 54.6 Å². The lowest BCUT2D eigenvalue weighted by molar-refractivity contribution is 0.598. The number of primary sulfonamides is 1. The fraction of sp³-hybridized carbons (Fsp3) is 0.0714. The molecule has 0 spiro atoms. The van der Waals surface area contributed by atoms with Crippen molar-refractivity contribution in [1.82, 2.24) is 19.7 Å². The highest BCUT2D eigenvalue weighted by atomic mass is 32.2. The van der Waals surface area contributed by atoms with Gasteiger partial charge in [-0.25, -0.2) is 23.2 Å². The molecule has 2 N–H and O–H groups in total. The number of sulfonamides is 1. The van der Waals surface area contributed by atoms with Crippen molar-refractivity contribution in [3.8, 4) is 17.1 Å². The Morgan fingerprint density at radius 1 is 1.05 bits per heavy atom. The van der Waals surface area contributed by atoms with Crippen LogP contribution in [-0.4, -0.2) is 28.2 Å². The first-order valence-corrected chi connectivity index (χ1v) is 7.97. The van der Waals surface area contributed by atoms with E-state index in [-0.39, 0.29) is 4.90 Å². The summed E-state index contributed by atoms with van der Waals surface area (Å²) in [6.07, 6.45) is 3.35. The van der Waals surface area contributed by atoms with Gasteiger partial charge in [-0.05, 0) is 43.3 Å². The third-order valence-electron chi connectivity index (χ3n) is 3.06. The van der Waals surface area contributed by atoms with Gasteiger partial charge in [0.2, 0.25) is 10.0 Å². The number of hydrogen-bond donors (Lipinski definition) is 1. The Bertz CT molecular complexity index is 902. The summed E-state index contributed by atoms with van der Waals surface area (Å²) in [5.74, 6) is 1.27. The van der Waals surface area contributed by atoms with Gasteiger partial charge in [0, 0.05) is 18.0 Å². The van der Waals surface area contributed by atoms with E-state index < -0.39 is 10.0 Å². The van der Waals surface area contributed by atoms with Crippen LogP contribution in [0.5, 0.6) is 0 Å². The highest BCUT2D eigenvalue weighted by molar-refractivity contribution is 7.89. The van der Waals surface area contributed by atoms with Crippen molar-refractivity contribution in [3.63, 3.8) is 0 Å². The predicted octanol–water partition coefficient (Wildman–Crippen LogP) is 1.29. The largest absolute Gasteiger partial charge is 0.265 e. The van der Waals surface area contributed by atoms with Gasteiger partial charge in [0.25, 0.3) is 0 Å². The molecule has 1 aromatic carbocycles. The Balaban J connectivity index is 2.10. The van der Waals surface area contributed by atoms with Crippen LogP contribution in [0.4, 0.5) is 0 Å². The van der Waals surface area contributed by atoms with Crippen LogP contribution in [0.2, 0.25) is 0 Å². The third kappa shape index (κ3) is 2.74. The molecule has 7 nitrogen and oxygen atoms in total. The minimum Gasteiger partial charge on any atom is -0.265 e. The zero-order valence-electron chi connectivity index (χ0n) is 11.7. The number of nitrogens with zero attached hydrogens (tertiary/aromatic N) is 4. The summed E-state index contributed by atoms with van der Waals surface area (Å²) in [5, 5.41) is 9.45. The van der Waals surface area contributed by atoms with Crippen LogP contribution in [0.25, 0.3) is 17.1 Å². The van der Waals surface area contributed by atoms with Crippen molar-refractivity contribution in [1.29, 1.82) is 0 Å². The lowest BCUT2D eigenvalue weighted by Gasteiger charge is -2.06. The second kappa shape index (κ2) is 5.32.